The van der Waals surface area contributed by atoms with E-state index in [2.05, 4.69) is 25.9 Å². The SMILES string of the molecule is C=C(NN1CCC[C@H]1C(C)(C)OC)C(=O)OCCC. The van der Waals surface area contributed by atoms with Gasteiger partial charge in [-0.05, 0) is 33.1 Å². The van der Waals surface area contributed by atoms with Gasteiger partial charge in [0, 0.05) is 13.7 Å². The number of carbonyl (C=O) groups is 1. The molecule has 1 aliphatic heterocycles. The fraction of sp³-hybridized carbons (Fsp3) is 0.786. The van der Waals surface area contributed by atoms with Gasteiger partial charge in [0.2, 0.25) is 0 Å². The molecule has 110 valence electrons. The zero-order valence-electron chi connectivity index (χ0n) is 12.5. The maximum absolute atomic E-state index is 11.7. The summed E-state index contributed by atoms with van der Waals surface area (Å²) in [5, 5.41) is 2.03. The van der Waals surface area contributed by atoms with Crippen LogP contribution in [0.1, 0.15) is 40.0 Å². The summed E-state index contributed by atoms with van der Waals surface area (Å²) in [6.07, 6.45) is 2.91. The topological polar surface area (TPSA) is 50.8 Å². The Bertz CT molecular complexity index is 329. The second kappa shape index (κ2) is 6.91. The van der Waals surface area contributed by atoms with Gasteiger partial charge in [0.05, 0.1) is 18.2 Å². The van der Waals surface area contributed by atoms with Crippen LogP contribution in [0.15, 0.2) is 12.3 Å². The quantitative estimate of drug-likeness (QED) is 0.565. The summed E-state index contributed by atoms with van der Waals surface area (Å²) in [6, 6.07) is 0.216. The van der Waals surface area contributed by atoms with Gasteiger partial charge in [0.25, 0.3) is 0 Å². The number of hydrogen-bond acceptors (Lipinski definition) is 5. The van der Waals surface area contributed by atoms with Crippen molar-refractivity contribution >= 4 is 5.97 Å². The Labute approximate surface area is 115 Å². The molecule has 5 heteroatoms. The fourth-order valence-electron chi connectivity index (χ4n) is 2.26. The molecule has 0 spiro atoms. The number of hydrogen-bond donors (Lipinski definition) is 1. The van der Waals surface area contributed by atoms with Crippen LogP contribution in [0.2, 0.25) is 0 Å². The van der Waals surface area contributed by atoms with Gasteiger partial charge in [0.1, 0.15) is 5.70 Å². The van der Waals surface area contributed by atoms with Crippen LogP contribution in [-0.2, 0) is 14.3 Å². The molecule has 1 aliphatic rings. The van der Waals surface area contributed by atoms with E-state index in [-0.39, 0.29) is 23.3 Å². The molecule has 5 nitrogen and oxygen atoms in total. The van der Waals surface area contributed by atoms with Crippen LogP contribution in [0.3, 0.4) is 0 Å². The van der Waals surface area contributed by atoms with Gasteiger partial charge in [0.15, 0.2) is 0 Å². The van der Waals surface area contributed by atoms with E-state index in [4.69, 9.17) is 9.47 Å². The summed E-state index contributed by atoms with van der Waals surface area (Å²) in [6.45, 7) is 11.1. The third kappa shape index (κ3) is 4.21. The standard InChI is InChI=1S/C14H26N2O3/c1-6-10-19-13(17)11(2)15-16-9-7-8-12(16)14(3,4)18-5/h12,15H,2,6-10H2,1,3-5H3/t12-/m0/s1. The van der Waals surface area contributed by atoms with E-state index in [1.807, 2.05) is 11.9 Å². The van der Waals surface area contributed by atoms with E-state index >= 15 is 0 Å². The number of methoxy groups -OCH3 is 1. The molecule has 1 saturated heterocycles. The monoisotopic (exact) mass is 270 g/mol. The van der Waals surface area contributed by atoms with Gasteiger partial charge in [-0.2, -0.15) is 0 Å². The van der Waals surface area contributed by atoms with E-state index in [1.54, 1.807) is 7.11 Å². The molecule has 0 saturated carbocycles. The van der Waals surface area contributed by atoms with E-state index < -0.39 is 0 Å². The number of hydrazine groups is 1. The van der Waals surface area contributed by atoms with Crippen LogP contribution in [0, 0.1) is 0 Å². The highest BCUT2D eigenvalue weighted by atomic mass is 16.5. The third-order valence-corrected chi connectivity index (χ3v) is 3.54. The number of nitrogens with zero attached hydrogens (tertiary/aromatic N) is 1. The molecule has 0 radical (unpaired) electrons. The first-order valence-electron chi connectivity index (χ1n) is 6.86. The second-order valence-corrected chi connectivity index (χ2v) is 5.39. The molecule has 0 aromatic heterocycles. The van der Waals surface area contributed by atoms with Gasteiger partial charge in [-0.1, -0.05) is 13.5 Å². The molecule has 1 rings (SSSR count). The minimum Gasteiger partial charge on any atom is -0.461 e. The molecule has 1 heterocycles. The van der Waals surface area contributed by atoms with Gasteiger partial charge in [-0.15, -0.1) is 0 Å². The molecule has 1 fully saturated rings. The lowest BCUT2D eigenvalue weighted by molar-refractivity contribution is -0.140. The van der Waals surface area contributed by atoms with Crippen molar-refractivity contribution in [2.45, 2.75) is 51.7 Å². The van der Waals surface area contributed by atoms with Crippen molar-refractivity contribution < 1.29 is 14.3 Å². The summed E-state index contributed by atoms with van der Waals surface area (Å²) >= 11 is 0. The molecule has 19 heavy (non-hydrogen) atoms. The minimum atomic E-state index is -0.386. The van der Waals surface area contributed by atoms with Crippen molar-refractivity contribution in [1.82, 2.24) is 10.4 Å². The number of rotatable bonds is 7. The van der Waals surface area contributed by atoms with E-state index in [1.165, 1.54) is 0 Å². The maximum atomic E-state index is 11.7. The first-order chi connectivity index (χ1) is 8.92. The Balaban J connectivity index is 2.56. The van der Waals surface area contributed by atoms with Gasteiger partial charge >= 0.3 is 5.97 Å². The molecule has 0 unspecified atom stereocenters. The van der Waals surface area contributed by atoms with Gasteiger partial charge < -0.3 is 14.9 Å². The summed E-state index contributed by atoms with van der Waals surface area (Å²) in [7, 11) is 1.71. The second-order valence-electron chi connectivity index (χ2n) is 5.39. The third-order valence-electron chi connectivity index (χ3n) is 3.54. The number of ether oxygens (including phenoxy) is 2. The normalized spacial score (nSPS) is 20.3. The average molecular weight is 270 g/mol. The van der Waals surface area contributed by atoms with Gasteiger partial charge in [-0.25, -0.2) is 9.80 Å². The summed E-state index contributed by atoms with van der Waals surface area (Å²) < 4.78 is 10.6. The summed E-state index contributed by atoms with van der Waals surface area (Å²) in [4.78, 5) is 11.7. The van der Waals surface area contributed by atoms with Crippen molar-refractivity contribution in [2.75, 3.05) is 20.3 Å². The van der Waals surface area contributed by atoms with Crippen molar-refractivity contribution in [2.24, 2.45) is 0 Å². The van der Waals surface area contributed by atoms with Crippen LogP contribution in [0.4, 0.5) is 0 Å². The van der Waals surface area contributed by atoms with E-state index in [0.29, 0.717) is 6.61 Å². The van der Waals surface area contributed by atoms with Crippen LogP contribution in [-0.4, -0.2) is 42.9 Å². The molecule has 0 bridgehead atoms. The lowest BCUT2D eigenvalue weighted by Gasteiger charge is -2.37. The molecular weight excluding hydrogens is 244 g/mol. The van der Waals surface area contributed by atoms with Crippen molar-refractivity contribution in [3.63, 3.8) is 0 Å². The van der Waals surface area contributed by atoms with Crippen molar-refractivity contribution in [3.8, 4) is 0 Å². The lowest BCUT2D eigenvalue weighted by atomic mass is 9.97. The molecule has 0 aliphatic carbocycles. The Morgan fingerprint density at radius 3 is 2.79 bits per heavy atom. The summed E-state index contributed by atoms with van der Waals surface area (Å²) in [5.41, 5.74) is 3.08. The highest BCUT2D eigenvalue weighted by Crippen LogP contribution is 2.27. The van der Waals surface area contributed by atoms with E-state index in [9.17, 15) is 4.79 Å². The Kier molecular flexibility index (Phi) is 5.82. The van der Waals surface area contributed by atoms with E-state index in [0.717, 1.165) is 25.8 Å². The lowest BCUT2D eigenvalue weighted by Crippen LogP contribution is -2.52. The smallest absolute Gasteiger partial charge is 0.355 e. The first-order valence-corrected chi connectivity index (χ1v) is 6.86. The van der Waals surface area contributed by atoms with Crippen LogP contribution in [0.25, 0.3) is 0 Å². The van der Waals surface area contributed by atoms with Crippen LogP contribution < -0.4 is 5.43 Å². The number of carbonyl (C=O) groups excluding carboxylic acids is 1. The fourth-order valence-corrected chi connectivity index (χ4v) is 2.26. The number of esters is 1. The average Bonchev–Trinajstić information content (AvgIpc) is 2.84. The van der Waals surface area contributed by atoms with Crippen molar-refractivity contribution in [1.29, 1.82) is 0 Å². The minimum absolute atomic E-state index is 0.216. The Hall–Kier alpha value is -1.07. The predicted molar refractivity (Wildman–Crippen MR) is 74.3 cm³/mol. The van der Waals surface area contributed by atoms with Crippen molar-refractivity contribution in [3.05, 3.63) is 12.3 Å². The molecule has 0 amide bonds. The largest absolute Gasteiger partial charge is 0.461 e. The molecule has 1 N–H and O–H groups in total. The highest BCUT2D eigenvalue weighted by molar-refractivity contribution is 5.86. The Morgan fingerprint density at radius 1 is 1.53 bits per heavy atom. The maximum Gasteiger partial charge on any atom is 0.355 e. The predicted octanol–water partition coefficient (Wildman–Crippen LogP) is 1.85. The van der Waals surface area contributed by atoms with Gasteiger partial charge in [-0.3, -0.25) is 0 Å². The molecule has 0 aromatic carbocycles. The first kappa shape index (κ1) is 16.0. The zero-order chi connectivity index (χ0) is 14.5. The molecular formula is C14H26N2O3. The summed E-state index contributed by atoms with van der Waals surface area (Å²) in [5.74, 6) is -0.386. The molecule has 1 atom stereocenters. The highest BCUT2D eigenvalue weighted by Gasteiger charge is 2.38. The number of nitrogens with one attached hydrogen (secondary N) is 1. The zero-order valence-corrected chi connectivity index (χ0v) is 12.5. The van der Waals surface area contributed by atoms with Crippen LogP contribution in [0.5, 0.6) is 0 Å². The van der Waals surface area contributed by atoms with Crippen LogP contribution >= 0.6 is 0 Å². The Morgan fingerprint density at radius 2 is 2.21 bits per heavy atom. The molecule has 0 aromatic rings.